The standard InChI is InChI=1S/C20H22ClN7O/c1-10-7-28(9-14(10)22)20-24-18-16(19(29)27(20)3)12(6-23-18)11-4-5-15-13(17(11)21)8-26(2)25-15/h4-6,8,10,14,23H,7,9,22H2,1-3H3/t10-,14-/m0/s1. The maximum absolute atomic E-state index is 13.3. The van der Waals surface area contributed by atoms with Crippen molar-refractivity contribution in [2.24, 2.45) is 25.7 Å². The lowest BCUT2D eigenvalue weighted by molar-refractivity contribution is 0.565. The van der Waals surface area contributed by atoms with Crippen molar-refractivity contribution in [2.45, 2.75) is 13.0 Å². The molecule has 4 heterocycles. The number of nitrogens with one attached hydrogen (secondary N) is 1. The normalized spacial score (nSPS) is 19.7. The van der Waals surface area contributed by atoms with Gasteiger partial charge in [-0.05, 0) is 12.0 Å². The van der Waals surface area contributed by atoms with Crippen molar-refractivity contribution in [2.75, 3.05) is 18.0 Å². The van der Waals surface area contributed by atoms with E-state index >= 15 is 0 Å². The summed E-state index contributed by atoms with van der Waals surface area (Å²) < 4.78 is 3.32. The Morgan fingerprint density at radius 1 is 1.24 bits per heavy atom. The summed E-state index contributed by atoms with van der Waals surface area (Å²) in [7, 11) is 3.61. The topological polar surface area (TPSA) is 97.8 Å². The molecule has 2 atom stereocenters. The molecule has 3 aromatic heterocycles. The van der Waals surface area contributed by atoms with Crippen LogP contribution in [0.1, 0.15) is 6.92 Å². The van der Waals surface area contributed by atoms with Gasteiger partial charge in [0.05, 0.1) is 15.9 Å². The molecule has 4 aromatic rings. The molecule has 3 N–H and O–H groups in total. The predicted molar refractivity (Wildman–Crippen MR) is 115 cm³/mol. The summed E-state index contributed by atoms with van der Waals surface area (Å²) in [4.78, 5) is 23.3. The van der Waals surface area contributed by atoms with E-state index in [0.29, 0.717) is 34.5 Å². The minimum Gasteiger partial charge on any atom is -0.345 e. The second kappa shape index (κ2) is 6.33. The van der Waals surface area contributed by atoms with E-state index in [-0.39, 0.29) is 11.6 Å². The van der Waals surface area contributed by atoms with Crippen LogP contribution in [0.4, 0.5) is 5.95 Å². The molecule has 0 aliphatic carbocycles. The van der Waals surface area contributed by atoms with Gasteiger partial charge in [0.15, 0.2) is 0 Å². The molecule has 1 aliphatic rings. The first-order valence-electron chi connectivity index (χ1n) is 9.56. The molecule has 0 amide bonds. The molecule has 29 heavy (non-hydrogen) atoms. The average Bonchev–Trinajstić information content (AvgIpc) is 3.36. The van der Waals surface area contributed by atoms with Crippen molar-refractivity contribution < 1.29 is 0 Å². The largest absolute Gasteiger partial charge is 0.345 e. The van der Waals surface area contributed by atoms with Gasteiger partial charge < -0.3 is 15.6 Å². The van der Waals surface area contributed by atoms with Crippen LogP contribution in [0.15, 0.2) is 29.3 Å². The fourth-order valence-corrected chi connectivity index (χ4v) is 4.50. The van der Waals surface area contributed by atoms with Crippen molar-refractivity contribution in [3.05, 3.63) is 39.9 Å². The zero-order valence-corrected chi connectivity index (χ0v) is 17.2. The molecule has 9 heteroatoms. The number of aryl methyl sites for hydroxylation is 1. The molecule has 5 rings (SSSR count). The highest BCUT2D eigenvalue weighted by Crippen LogP contribution is 2.36. The van der Waals surface area contributed by atoms with E-state index in [1.54, 1.807) is 22.5 Å². The molecule has 1 saturated heterocycles. The van der Waals surface area contributed by atoms with Gasteiger partial charge in [-0.3, -0.25) is 14.0 Å². The first-order chi connectivity index (χ1) is 13.8. The summed E-state index contributed by atoms with van der Waals surface area (Å²) in [5.41, 5.74) is 8.93. The van der Waals surface area contributed by atoms with Crippen LogP contribution in [-0.4, -0.2) is 43.4 Å². The van der Waals surface area contributed by atoms with Crippen LogP contribution in [0.2, 0.25) is 5.02 Å². The maximum atomic E-state index is 13.3. The molecule has 0 bridgehead atoms. The zero-order chi connectivity index (χ0) is 20.4. The quantitative estimate of drug-likeness (QED) is 0.527. The van der Waals surface area contributed by atoms with Gasteiger partial charge in [0.1, 0.15) is 5.65 Å². The van der Waals surface area contributed by atoms with Crippen LogP contribution in [0.25, 0.3) is 33.1 Å². The third-order valence-corrected chi connectivity index (χ3v) is 6.28. The van der Waals surface area contributed by atoms with Gasteiger partial charge >= 0.3 is 0 Å². The van der Waals surface area contributed by atoms with E-state index in [0.717, 1.165) is 28.6 Å². The number of halogens is 1. The predicted octanol–water partition coefficient (Wildman–Crippen LogP) is 2.25. The number of hydrogen-bond donors (Lipinski definition) is 2. The number of fused-ring (bicyclic) bond motifs is 2. The first kappa shape index (κ1) is 18.2. The third kappa shape index (κ3) is 2.67. The summed E-state index contributed by atoms with van der Waals surface area (Å²) in [6.07, 6.45) is 3.67. The Morgan fingerprint density at radius 3 is 2.76 bits per heavy atom. The number of rotatable bonds is 2. The Bertz CT molecular complexity index is 1310. The fraction of sp³-hybridized carbons (Fsp3) is 0.350. The SMILES string of the molecule is C[C@H]1CN(c2nc3[nH]cc(-c4ccc5nn(C)cc5c4Cl)c3c(=O)n2C)C[C@@H]1N. The average molecular weight is 412 g/mol. The van der Waals surface area contributed by atoms with Gasteiger partial charge in [0, 0.05) is 62.1 Å². The molecule has 0 unspecified atom stereocenters. The number of anilines is 1. The van der Waals surface area contributed by atoms with Crippen molar-refractivity contribution in [1.29, 1.82) is 0 Å². The molecule has 1 aromatic carbocycles. The molecular weight excluding hydrogens is 390 g/mol. The van der Waals surface area contributed by atoms with Crippen molar-refractivity contribution >= 4 is 39.5 Å². The van der Waals surface area contributed by atoms with Gasteiger partial charge in [0.25, 0.3) is 5.56 Å². The van der Waals surface area contributed by atoms with Crippen LogP contribution in [0, 0.1) is 5.92 Å². The smallest absolute Gasteiger partial charge is 0.264 e. The molecule has 8 nitrogen and oxygen atoms in total. The number of aromatic amines is 1. The summed E-state index contributed by atoms with van der Waals surface area (Å²) in [6, 6.07) is 3.88. The summed E-state index contributed by atoms with van der Waals surface area (Å²) in [6.45, 7) is 3.58. The number of nitrogens with two attached hydrogens (primary N) is 1. The third-order valence-electron chi connectivity index (χ3n) is 5.87. The van der Waals surface area contributed by atoms with Crippen LogP contribution < -0.4 is 16.2 Å². The monoisotopic (exact) mass is 411 g/mol. The number of hydrogen-bond acceptors (Lipinski definition) is 5. The highest BCUT2D eigenvalue weighted by atomic mass is 35.5. The molecule has 0 radical (unpaired) electrons. The van der Waals surface area contributed by atoms with E-state index < -0.39 is 0 Å². The second-order valence-electron chi connectivity index (χ2n) is 7.91. The van der Waals surface area contributed by atoms with Gasteiger partial charge in [0.2, 0.25) is 5.95 Å². The number of H-pyrrole nitrogens is 1. The lowest BCUT2D eigenvalue weighted by atomic mass is 10.0. The molecule has 0 spiro atoms. The lowest BCUT2D eigenvalue weighted by Crippen LogP contribution is -2.32. The Hall–Kier alpha value is -2.84. The molecular formula is C20H22ClN7O. The van der Waals surface area contributed by atoms with E-state index in [1.165, 1.54) is 0 Å². The first-order valence-corrected chi connectivity index (χ1v) is 9.94. The molecule has 0 saturated carbocycles. The zero-order valence-electron chi connectivity index (χ0n) is 16.5. The highest BCUT2D eigenvalue weighted by Gasteiger charge is 2.30. The second-order valence-corrected chi connectivity index (χ2v) is 8.29. The van der Waals surface area contributed by atoms with E-state index in [2.05, 4.69) is 21.9 Å². The number of nitrogens with zero attached hydrogens (tertiary/aromatic N) is 5. The minimum atomic E-state index is -0.114. The Balaban J connectivity index is 1.69. The summed E-state index contributed by atoms with van der Waals surface area (Å²) in [5, 5.41) is 6.34. The van der Waals surface area contributed by atoms with Crippen LogP contribution in [-0.2, 0) is 14.1 Å². The van der Waals surface area contributed by atoms with E-state index in [9.17, 15) is 4.79 Å². The lowest BCUT2D eigenvalue weighted by Gasteiger charge is -2.19. The van der Waals surface area contributed by atoms with Gasteiger partial charge in [-0.15, -0.1) is 0 Å². The van der Waals surface area contributed by atoms with E-state index in [4.69, 9.17) is 22.3 Å². The molecule has 1 aliphatic heterocycles. The van der Waals surface area contributed by atoms with Gasteiger partial charge in [-0.25, -0.2) is 0 Å². The number of aromatic nitrogens is 5. The number of benzene rings is 1. The van der Waals surface area contributed by atoms with E-state index in [1.807, 2.05) is 25.4 Å². The molecule has 1 fully saturated rings. The Labute approximate surface area is 171 Å². The van der Waals surface area contributed by atoms with Crippen molar-refractivity contribution in [3.63, 3.8) is 0 Å². The Morgan fingerprint density at radius 2 is 2.03 bits per heavy atom. The van der Waals surface area contributed by atoms with Gasteiger partial charge in [-0.1, -0.05) is 24.6 Å². The van der Waals surface area contributed by atoms with Crippen LogP contribution in [0.5, 0.6) is 0 Å². The van der Waals surface area contributed by atoms with Gasteiger partial charge in [-0.2, -0.15) is 10.1 Å². The Kier molecular flexibility index (Phi) is 3.97. The fourth-order valence-electron chi connectivity index (χ4n) is 4.19. The highest BCUT2D eigenvalue weighted by molar-refractivity contribution is 6.38. The minimum absolute atomic E-state index is 0.0758. The van der Waals surface area contributed by atoms with Crippen LogP contribution >= 0.6 is 11.6 Å². The maximum Gasteiger partial charge on any atom is 0.264 e. The van der Waals surface area contributed by atoms with Crippen molar-refractivity contribution in [1.82, 2.24) is 24.3 Å². The molecule has 150 valence electrons. The summed E-state index contributed by atoms with van der Waals surface area (Å²) in [5.74, 6) is 0.983. The van der Waals surface area contributed by atoms with Crippen LogP contribution in [0.3, 0.4) is 0 Å². The van der Waals surface area contributed by atoms with Crippen molar-refractivity contribution in [3.8, 4) is 11.1 Å². The summed E-state index contributed by atoms with van der Waals surface area (Å²) >= 11 is 6.69.